The molecule has 0 unspecified atom stereocenters. The summed E-state index contributed by atoms with van der Waals surface area (Å²) in [5.41, 5.74) is 0.0730. The number of H-pyrrole nitrogens is 1. The molecule has 11 heteroatoms. The number of hydrogen-bond acceptors (Lipinski definition) is 6. The van der Waals surface area contributed by atoms with E-state index >= 15 is 0 Å². The van der Waals surface area contributed by atoms with E-state index in [4.69, 9.17) is 16.3 Å². The lowest BCUT2D eigenvalue weighted by Gasteiger charge is -2.02. The number of rotatable bonds is 6. The number of aromatic nitrogens is 4. The van der Waals surface area contributed by atoms with Crippen molar-refractivity contribution in [3.8, 4) is 5.88 Å². The minimum absolute atomic E-state index is 0.0791. The van der Waals surface area contributed by atoms with Gasteiger partial charge in [0, 0.05) is 6.20 Å². The van der Waals surface area contributed by atoms with Gasteiger partial charge < -0.3 is 10.1 Å². The molecule has 0 aliphatic heterocycles. The number of nitrogens with zero attached hydrogens (tertiary/aromatic N) is 4. The highest BCUT2D eigenvalue weighted by Gasteiger charge is 2.30. The maximum absolute atomic E-state index is 12.3. The lowest BCUT2D eigenvalue weighted by Crippen LogP contribution is -2.15. The minimum Gasteiger partial charge on any atom is -0.475 e. The molecule has 0 saturated carbocycles. The van der Waals surface area contributed by atoms with Crippen molar-refractivity contribution in [1.29, 1.82) is 0 Å². The van der Waals surface area contributed by atoms with E-state index in [9.17, 15) is 14.9 Å². The second-order valence-corrected chi connectivity index (χ2v) is 5.58. The van der Waals surface area contributed by atoms with Gasteiger partial charge in [0.1, 0.15) is 5.02 Å². The number of methoxy groups -OCH3 is 1. The van der Waals surface area contributed by atoms with Crippen molar-refractivity contribution in [2.24, 2.45) is 0 Å². The van der Waals surface area contributed by atoms with Crippen molar-refractivity contribution in [1.82, 2.24) is 20.0 Å². The molecule has 0 radical (unpaired) electrons. The molecule has 0 bridgehead atoms. The van der Waals surface area contributed by atoms with Crippen LogP contribution in [0.3, 0.4) is 0 Å². The van der Waals surface area contributed by atoms with Crippen LogP contribution < -0.4 is 10.1 Å². The fourth-order valence-electron chi connectivity index (χ4n) is 2.29. The highest BCUT2D eigenvalue weighted by atomic mass is 35.5. The molecule has 26 heavy (non-hydrogen) atoms. The van der Waals surface area contributed by atoms with E-state index in [1.54, 1.807) is 10.9 Å². The molecule has 0 spiro atoms. The Morgan fingerprint density at radius 2 is 2.15 bits per heavy atom. The summed E-state index contributed by atoms with van der Waals surface area (Å²) in [5.74, 6) is -1.02. The van der Waals surface area contributed by atoms with Crippen molar-refractivity contribution in [3.05, 3.63) is 62.9 Å². The topological polar surface area (TPSA) is 128 Å². The van der Waals surface area contributed by atoms with Crippen molar-refractivity contribution >= 4 is 29.0 Å². The van der Waals surface area contributed by atoms with Gasteiger partial charge in [0.25, 0.3) is 5.91 Å². The molecular weight excluding hydrogens is 364 g/mol. The molecule has 0 aliphatic rings. The minimum atomic E-state index is -0.806. The molecule has 1 aromatic carbocycles. The number of nitrogens with one attached hydrogen (secondary N) is 2. The first-order valence-corrected chi connectivity index (χ1v) is 7.72. The first-order chi connectivity index (χ1) is 12.5. The Morgan fingerprint density at radius 1 is 1.42 bits per heavy atom. The Morgan fingerprint density at radius 3 is 2.81 bits per heavy atom. The van der Waals surface area contributed by atoms with Gasteiger partial charge in [-0.25, -0.2) is 0 Å². The summed E-state index contributed by atoms with van der Waals surface area (Å²) >= 11 is 6.10. The van der Waals surface area contributed by atoms with Gasteiger partial charge in [-0.15, -0.1) is 5.10 Å². The summed E-state index contributed by atoms with van der Waals surface area (Å²) in [7, 11) is 1.22. The Labute approximate surface area is 151 Å². The maximum atomic E-state index is 12.3. The van der Waals surface area contributed by atoms with Crippen molar-refractivity contribution in [3.63, 3.8) is 0 Å². The number of ether oxygens (including phenoxy) is 1. The van der Waals surface area contributed by atoms with Crippen LogP contribution in [0.25, 0.3) is 0 Å². The number of nitro groups is 1. The molecule has 0 aliphatic carbocycles. The number of benzene rings is 1. The Kier molecular flexibility index (Phi) is 4.85. The number of anilines is 1. The van der Waals surface area contributed by atoms with Crippen LogP contribution in [0.2, 0.25) is 5.02 Å². The molecule has 0 fully saturated rings. The average Bonchev–Trinajstić information content (AvgIpc) is 3.19. The quantitative estimate of drug-likeness (QED) is 0.502. The molecule has 3 rings (SSSR count). The van der Waals surface area contributed by atoms with Crippen molar-refractivity contribution in [2.45, 2.75) is 6.54 Å². The van der Waals surface area contributed by atoms with Crippen LogP contribution >= 0.6 is 11.6 Å². The third-order valence-electron chi connectivity index (χ3n) is 3.45. The van der Waals surface area contributed by atoms with E-state index in [-0.39, 0.29) is 22.4 Å². The second-order valence-electron chi connectivity index (χ2n) is 5.18. The SMILES string of the molecule is COc1n[nH]c(C(=O)Nc2nn(Cc3ccccc3)cc2Cl)c1[N+](=O)[O-]. The number of amides is 1. The summed E-state index contributed by atoms with van der Waals surface area (Å²) in [6.07, 6.45) is 1.55. The fraction of sp³-hybridized carbons (Fsp3) is 0.133. The predicted molar refractivity (Wildman–Crippen MR) is 92.5 cm³/mol. The smallest absolute Gasteiger partial charge is 0.362 e. The van der Waals surface area contributed by atoms with E-state index in [0.717, 1.165) is 5.56 Å². The van der Waals surface area contributed by atoms with Gasteiger partial charge in [0.2, 0.25) is 5.69 Å². The molecular formula is C15H13ClN6O4. The molecule has 2 aromatic heterocycles. The molecule has 10 nitrogen and oxygen atoms in total. The Balaban J connectivity index is 1.80. The van der Waals surface area contributed by atoms with Crippen LogP contribution in [0.4, 0.5) is 11.5 Å². The number of aromatic amines is 1. The summed E-state index contributed by atoms with van der Waals surface area (Å²) in [5, 5.41) is 23.8. The predicted octanol–water partition coefficient (Wildman–Crippen LogP) is 2.48. The summed E-state index contributed by atoms with van der Waals surface area (Å²) in [6.45, 7) is 0.453. The molecule has 1 amide bonds. The number of halogens is 1. The van der Waals surface area contributed by atoms with E-state index in [0.29, 0.717) is 6.54 Å². The van der Waals surface area contributed by atoms with Crippen LogP contribution in [-0.2, 0) is 6.54 Å². The standard InChI is InChI=1S/C15H13ClN6O4/c1-26-15-12(22(24)25)11(18-19-15)14(23)17-13-10(16)8-21(20-13)7-9-5-3-2-4-6-9/h2-6,8H,7H2,1H3,(H,18,19)(H,17,20,23). The zero-order valence-electron chi connectivity index (χ0n) is 13.5. The van der Waals surface area contributed by atoms with Crippen molar-refractivity contribution < 1.29 is 14.5 Å². The molecule has 2 N–H and O–H groups in total. The van der Waals surface area contributed by atoms with Gasteiger partial charge in [-0.2, -0.15) is 5.10 Å². The van der Waals surface area contributed by atoms with Gasteiger partial charge in [0.15, 0.2) is 5.82 Å². The van der Waals surface area contributed by atoms with Gasteiger partial charge in [-0.1, -0.05) is 41.9 Å². The van der Waals surface area contributed by atoms with E-state index in [1.165, 1.54) is 7.11 Å². The Hall–Kier alpha value is -3.40. The largest absolute Gasteiger partial charge is 0.475 e. The molecule has 134 valence electrons. The van der Waals surface area contributed by atoms with E-state index < -0.39 is 16.5 Å². The lowest BCUT2D eigenvalue weighted by atomic mass is 10.2. The molecule has 0 atom stereocenters. The Bertz CT molecular complexity index is 952. The zero-order valence-corrected chi connectivity index (χ0v) is 14.2. The van der Waals surface area contributed by atoms with Crippen LogP contribution in [-0.4, -0.2) is 37.9 Å². The lowest BCUT2D eigenvalue weighted by molar-refractivity contribution is -0.386. The van der Waals surface area contributed by atoms with E-state index in [2.05, 4.69) is 20.6 Å². The van der Waals surface area contributed by atoms with Gasteiger partial charge in [-0.05, 0) is 5.56 Å². The first kappa shape index (κ1) is 17.4. The van der Waals surface area contributed by atoms with Crippen LogP contribution in [0, 0.1) is 10.1 Å². The second kappa shape index (κ2) is 7.23. The van der Waals surface area contributed by atoms with Crippen LogP contribution in [0.5, 0.6) is 5.88 Å². The monoisotopic (exact) mass is 376 g/mol. The third kappa shape index (κ3) is 3.49. The van der Waals surface area contributed by atoms with Gasteiger partial charge in [0.05, 0.1) is 18.6 Å². The summed E-state index contributed by atoms with van der Waals surface area (Å²) < 4.78 is 6.32. The van der Waals surface area contributed by atoms with Crippen molar-refractivity contribution in [2.75, 3.05) is 12.4 Å². The normalized spacial score (nSPS) is 10.5. The molecule has 3 aromatic rings. The van der Waals surface area contributed by atoms with Gasteiger partial charge in [-0.3, -0.25) is 24.7 Å². The number of carbonyl (C=O) groups excluding carboxylic acids is 1. The zero-order chi connectivity index (χ0) is 18.7. The number of hydrogen-bond donors (Lipinski definition) is 2. The summed E-state index contributed by atoms with van der Waals surface area (Å²) in [4.78, 5) is 22.7. The fourth-order valence-corrected chi connectivity index (χ4v) is 2.49. The highest BCUT2D eigenvalue weighted by Crippen LogP contribution is 2.29. The van der Waals surface area contributed by atoms with Crippen LogP contribution in [0.15, 0.2) is 36.5 Å². The van der Waals surface area contributed by atoms with E-state index in [1.807, 2.05) is 30.3 Å². The van der Waals surface area contributed by atoms with Crippen LogP contribution in [0.1, 0.15) is 16.1 Å². The first-order valence-electron chi connectivity index (χ1n) is 7.34. The number of carbonyl (C=O) groups is 1. The summed E-state index contributed by atoms with van der Waals surface area (Å²) in [6, 6.07) is 9.54. The average molecular weight is 377 g/mol. The third-order valence-corrected chi connectivity index (χ3v) is 3.72. The highest BCUT2D eigenvalue weighted by molar-refractivity contribution is 6.33. The van der Waals surface area contributed by atoms with Gasteiger partial charge >= 0.3 is 11.6 Å². The maximum Gasteiger partial charge on any atom is 0.362 e. The molecule has 2 heterocycles. The molecule has 0 saturated heterocycles.